The number of ether oxygens (including phenoxy) is 4. The van der Waals surface area contributed by atoms with Crippen LogP contribution in [-0.2, 0) is 36.7 Å². The Labute approximate surface area is 102 Å². The summed E-state index contributed by atoms with van der Waals surface area (Å²) in [6.07, 6.45) is -1.76. The van der Waals surface area contributed by atoms with Crippen molar-refractivity contribution in [2.75, 3.05) is 49.5 Å². The molecule has 0 heterocycles. The second-order valence-electron chi connectivity index (χ2n) is 2.67. The summed E-state index contributed by atoms with van der Waals surface area (Å²) in [7, 11) is 4.76. The third kappa shape index (κ3) is 4.58. The molecule has 0 aromatic carbocycles. The Balaban J connectivity index is 4.81. The molecule has 0 bridgehead atoms. The van der Waals surface area contributed by atoms with Crippen LogP contribution in [0.2, 0.25) is 0 Å². The molecule has 8 nitrogen and oxygen atoms in total. The minimum Gasteiger partial charge on any atom is -0.359 e. The van der Waals surface area contributed by atoms with E-state index in [1.54, 1.807) is 0 Å². The van der Waals surface area contributed by atoms with Crippen LogP contribution < -0.4 is 0 Å². The first-order valence-corrected chi connectivity index (χ1v) is 6.29. The van der Waals surface area contributed by atoms with Crippen molar-refractivity contribution >= 4 is 9.05 Å². The molecule has 0 amide bonds. The highest BCUT2D eigenvalue weighted by Gasteiger charge is 2.53. The molecule has 0 aliphatic heterocycles. The van der Waals surface area contributed by atoms with Gasteiger partial charge < -0.3 is 32.2 Å². The fourth-order valence-corrected chi connectivity index (χ4v) is 2.42. The van der Waals surface area contributed by atoms with Gasteiger partial charge in [0.25, 0.3) is 0 Å². The molecular formula is C8H20O8Si. The van der Waals surface area contributed by atoms with E-state index in [1.807, 2.05) is 0 Å². The molecule has 0 aromatic heterocycles. The second kappa shape index (κ2) is 8.08. The molecule has 0 saturated heterocycles. The smallest absolute Gasteiger partial charge is 0.359 e. The molecule has 0 spiro atoms. The van der Waals surface area contributed by atoms with Crippen molar-refractivity contribution in [3.05, 3.63) is 0 Å². The first kappa shape index (κ1) is 16.9. The van der Waals surface area contributed by atoms with Crippen molar-refractivity contribution in [1.82, 2.24) is 0 Å². The molecule has 0 aromatic rings. The summed E-state index contributed by atoms with van der Waals surface area (Å²) in [5.74, 6) is 0. The largest absolute Gasteiger partial charge is 0.686 e. The Morgan fingerprint density at radius 2 is 1.29 bits per heavy atom. The third-order valence-electron chi connectivity index (χ3n) is 1.85. The summed E-state index contributed by atoms with van der Waals surface area (Å²) < 4.78 is 40.5. The molecule has 9 heteroatoms. The van der Waals surface area contributed by atoms with Crippen molar-refractivity contribution in [2.24, 2.45) is 0 Å². The van der Waals surface area contributed by atoms with Gasteiger partial charge >= 0.3 is 15.2 Å². The summed E-state index contributed by atoms with van der Waals surface area (Å²) in [4.78, 5) is 0. The van der Waals surface area contributed by atoms with Gasteiger partial charge in [-0.05, 0) is 0 Å². The molecule has 0 saturated carbocycles. The van der Waals surface area contributed by atoms with E-state index in [9.17, 15) is 0 Å². The van der Waals surface area contributed by atoms with Gasteiger partial charge in [-0.25, -0.2) is 0 Å². The molecule has 0 aliphatic carbocycles. The van der Waals surface area contributed by atoms with Gasteiger partial charge in [0, 0.05) is 42.7 Å². The standard InChI is InChI=1S/C8H20O8Si/c1-9-7-15-17(13-5,14-6)16-8(10-2,11-3)12-4/h7H2,1-6H3. The predicted molar refractivity (Wildman–Crippen MR) is 57.6 cm³/mol. The highest BCUT2D eigenvalue weighted by Crippen LogP contribution is 2.22. The van der Waals surface area contributed by atoms with Crippen LogP contribution in [0.15, 0.2) is 0 Å². The minimum absolute atomic E-state index is 0.0683. The maximum absolute atomic E-state index is 5.40. The van der Waals surface area contributed by atoms with Crippen LogP contribution >= 0.6 is 0 Å². The van der Waals surface area contributed by atoms with Gasteiger partial charge in [0.05, 0.1) is 0 Å². The van der Waals surface area contributed by atoms with Gasteiger partial charge in [-0.2, -0.15) is 0 Å². The van der Waals surface area contributed by atoms with Crippen LogP contribution in [0.3, 0.4) is 0 Å². The highest BCUT2D eigenvalue weighted by atomic mass is 28.4. The van der Waals surface area contributed by atoms with E-state index in [4.69, 9.17) is 36.7 Å². The lowest BCUT2D eigenvalue weighted by molar-refractivity contribution is -0.465. The number of methoxy groups -OCH3 is 4. The maximum atomic E-state index is 5.40. The Bertz CT molecular complexity index is 186. The van der Waals surface area contributed by atoms with Crippen molar-refractivity contribution in [2.45, 2.75) is 6.16 Å². The summed E-state index contributed by atoms with van der Waals surface area (Å²) in [5, 5.41) is 0. The molecular weight excluding hydrogens is 252 g/mol. The van der Waals surface area contributed by atoms with Gasteiger partial charge in [0.2, 0.25) is 0 Å². The monoisotopic (exact) mass is 272 g/mol. The topological polar surface area (TPSA) is 73.8 Å². The van der Waals surface area contributed by atoms with E-state index in [0.29, 0.717) is 0 Å². The minimum atomic E-state index is -3.46. The van der Waals surface area contributed by atoms with Crippen LogP contribution in [0.4, 0.5) is 0 Å². The lowest BCUT2D eigenvalue weighted by Gasteiger charge is -2.34. The zero-order valence-corrected chi connectivity index (χ0v) is 12.0. The molecule has 17 heavy (non-hydrogen) atoms. The number of hydrogen-bond acceptors (Lipinski definition) is 8. The van der Waals surface area contributed by atoms with E-state index >= 15 is 0 Å². The average molecular weight is 272 g/mol. The second-order valence-corrected chi connectivity index (χ2v) is 4.98. The lowest BCUT2D eigenvalue weighted by atomic mass is 11.0. The molecule has 0 atom stereocenters. The summed E-state index contributed by atoms with van der Waals surface area (Å²) >= 11 is 0. The van der Waals surface area contributed by atoms with Crippen LogP contribution in [0.25, 0.3) is 0 Å². The van der Waals surface area contributed by atoms with Crippen LogP contribution in [0, 0.1) is 0 Å². The molecule has 0 rings (SSSR count). The molecule has 0 aliphatic rings. The Morgan fingerprint density at radius 1 is 0.824 bits per heavy atom. The Morgan fingerprint density at radius 3 is 1.59 bits per heavy atom. The molecule has 104 valence electrons. The van der Waals surface area contributed by atoms with Crippen molar-refractivity contribution < 1.29 is 36.7 Å². The van der Waals surface area contributed by atoms with Gasteiger partial charge in [0.15, 0.2) is 0 Å². The van der Waals surface area contributed by atoms with Crippen LogP contribution in [-0.4, -0.2) is 64.7 Å². The summed E-state index contributed by atoms with van der Waals surface area (Å²) in [6, 6.07) is 0. The van der Waals surface area contributed by atoms with Crippen LogP contribution in [0.1, 0.15) is 0 Å². The van der Waals surface area contributed by atoms with E-state index in [2.05, 4.69) is 0 Å². The molecule has 0 radical (unpaired) electrons. The fraction of sp³-hybridized carbons (Fsp3) is 1.00. The normalized spacial score (nSPS) is 13.1. The Hall–Kier alpha value is -0.103. The zero-order chi connectivity index (χ0) is 13.4. The van der Waals surface area contributed by atoms with Gasteiger partial charge in [0.1, 0.15) is 6.79 Å². The number of hydrogen-bond donors (Lipinski definition) is 0. The summed E-state index contributed by atoms with van der Waals surface area (Å²) in [6.45, 7) is -0.0683. The van der Waals surface area contributed by atoms with Crippen molar-refractivity contribution in [1.29, 1.82) is 0 Å². The lowest BCUT2D eigenvalue weighted by Crippen LogP contribution is -2.56. The fourth-order valence-electron chi connectivity index (χ4n) is 0.973. The first-order valence-electron chi connectivity index (χ1n) is 4.66. The van der Waals surface area contributed by atoms with Crippen molar-refractivity contribution in [3.63, 3.8) is 0 Å². The SMILES string of the molecule is COCO[Si](OC)(OC)OC(OC)(OC)OC. The third-order valence-corrected chi connectivity index (χ3v) is 3.82. The molecule has 0 N–H and O–H groups in total. The van der Waals surface area contributed by atoms with Gasteiger partial charge in [-0.15, -0.1) is 0 Å². The van der Waals surface area contributed by atoms with E-state index in [0.717, 1.165) is 0 Å². The molecule has 0 unspecified atom stereocenters. The average Bonchev–Trinajstić information content (AvgIpc) is 2.41. The van der Waals surface area contributed by atoms with Crippen molar-refractivity contribution in [3.8, 4) is 0 Å². The van der Waals surface area contributed by atoms with E-state index in [-0.39, 0.29) is 6.79 Å². The quantitative estimate of drug-likeness (QED) is 0.403. The van der Waals surface area contributed by atoms with E-state index in [1.165, 1.54) is 42.7 Å². The van der Waals surface area contributed by atoms with E-state index < -0.39 is 15.2 Å². The van der Waals surface area contributed by atoms with Crippen LogP contribution in [0.5, 0.6) is 0 Å². The maximum Gasteiger partial charge on any atom is 0.686 e. The Kier molecular flexibility index (Phi) is 8.03. The molecule has 0 fully saturated rings. The van der Waals surface area contributed by atoms with Gasteiger partial charge in [-0.3, -0.25) is 4.43 Å². The van der Waals surface area contributed by atoms with Gasteiger partial charge in [-0.1, -0.05) is 0 Å². The summed E-state index contributed by atoms with van der Waals surface area (Å²) in [5.41, 5.74) is 0. The zero-order valence-electron chi connectivity index (χ0n) is 11.0. The predicted octanol–water partition coefficient (Wildman–Crippen LogP) is -0.0976. The number of rotatable bonds is 10. The first-order chi connectivity index (χ1) is 8.07. The highest BCUT2D eigenvalue weighted by molar-refractivity contribution is 6.53.